The number of benzene rings is 2. The largest absolute Gasteiger partial charge is 0.350 e. The van der Waals surface area contributed by atoms with Crippen molar-refractivity contribution in [3.05, 3.63) is 69.2 Å². The Morgan fingerprint density at radius 1 is 1.12 bits per heavy atom. The Hall–Kier alpha value is -1.50. The zero-order valence-electron chi connectivity index (χ0n) is 13.9. The number of halogens is 4. The third-order valence-electron chi connectivity index (χ3n) is 3.77. The monoisotopic (exact) mass is 432 g/mol. The highest BCUT2D eigenvalue weighted by molar-refractivity contribution is 9.10. The van der Waals surface area contributed by atoms with Gasteiger partial charge < -0.3 is 11.1 Å². The molecule has 2 aromatic carbocycles. The summed E-state index contributed by atoms with van der Waals surface area (Å²) in [6.45, 7) is 4.40. The van der Waals surface area contributed by atoms with E-state index in [2.05, 4.69) is 35.1 Å². The number of carbonyl (C=O) groups excluding carboxylic acids is 1. The molecule has 7 heteroatoms. The second-order valence-corrected chi connectivity index (χ2v) is 6.74. The van der Waals surface area contributed by atoms with Crippen LogP contribution in [0.15, 0.2) is 40.9 Å². The van der Waals surface area contributed by atoms with Crippen molar-refractivity contribution < 1.29 is 13.6 Å². The van der Waals surface area contributed by atoms with Crippen molar-refractivity contribution in [1.82, 2.24) is 5.32 Å². The molecule has 136 valence electrons. The normalized spacial score (nSPS) is 11.8. The van der Waals surface area contributed by atoms with Crippen molar-refractivity contribution in [2.75, 3.05) is 6.54 Å². The van der Waals surface area contributed by atoms with Crippen LogP contribution in [-0.4, -0.2) is 12.5 Å². The SMILES string of the molecule is CC(C)c1ccc(C(N)CNC(=O)c2cc(F)c(F)cc2Br)cc1.Cl. The molecule has 1 amide bonds. The van der Waals surface area contributed by atoms with Gasteiger partial charge in [-0.05, 0) is 45.1 Å². The Labute approximate surface area is 160 Å². The molecule has 0 saturated heterocycles. The van der Waals surface area contributed by atoms with Crippen molar-refractivity contribution in [3.8, 4) is 0 Å². The lowest BCUT2D eigenvalue weighted by molar-refractivity contribution is 0.0950. The molecule has 0 aliphatic heterocycles. The Morgan fingerprint density at radius 2 is 1.64 bits per heavy atom. The molecule has 0 bridgehead atoms. The molecular formula is C18H20BrClF2N2O. The van der Waals surface area contributed by atoms with E-state index in [1.165, 1.54) is 5.56 Å². The van der Waals surface area contributed by atoms with Gasteiger partial charge in [-0.15, -0.1) is 12.4 Å². The second-order valence-electron chi connectivity index (χ2n) is 5.88. The number of nitrogens with one attached hydrogen (secondary N) is 1. The van der Waals surface area contributed by atoms with Gasteiger partial charge in [0.1, 0.15) is 0 Å². The third-order valence-corrected chi connectivity index (χ3v) is 4.42. The number of nitrogens with two attached hydrogens (primary N) is 1. The molecule has 1 atom stereocenters. The average Bonchev–Trinajstić information content (AvgIpc) is 2.55. The van der Waals surface area contributed by atoms with E-state index in [-0.39, 0.29) is 35.0 Å². The fourth-order valence-electron chi connectivity index (χ4n) is 2.24. The summed E-state index contributed by atoms with van der Waals surface area (Å²) in [6, 6.07) is 9.27. The lowest BCUT2D eigenvalue weighted by Gasteiger charge is -2.15. The zero-order chi connectivity index (χ0) is 17.9. The van der Waals surface area contributed by atoms with Crippen molar-refractivity contribution in [3.63, 3.8) is 0 Å². The van der Waals surface area contributed by atoms with Gasteiger partial charge >= 0.3 is 0 Å². The van der Waals surface area contributed by atoms with E-state index in [1.54, 1.807) is 0 Å². The first-order valence-corrected chi connectivity index (χ1v) is 8.37. The molecule has 0 radical (unpaired) electrons. The Morgan fingerprint density at radius 3 is 2.20 bits per heavy atom. The van der Waals surface area contributed by atoms with Crippen LogP contribution in [0.5, 0.6) is 0 Å². The number of rotatable bonds is 5. The molecule has 0 aliphatic carbocycles. The highest BCUT2D eigenvalue weighted by Gasteiger charge is 2.16. The van der Waals surface area contributed by atoms with Crippen LogP contribution in [0.25, 0.3) is 0 Å². The minimum absolute atomic E-state index is 0. The summed E-state index contributed by atoms with van der Waals surface area (Å²) in [4.78, 5) is 12.1. The lowest BCUT2D eigenvalue weighted by atomic mass is 9.99. The maximum Gasteiger partial charge on any atom is 0.252 e. The summed E-state index contributed by atoms with van der Waals surface area (Å²) in [5.41, 5.74) is 8.21. The number of hydrogen-bond donors (Lipinski definition) is 2. The molecule has 25 heavy (non-hydrogen) atoms. The van der Waals surface area contributed by atoms with Crippen LogP contribution in [0.2, 0.25) is 0 Å². The van der Waals surface area contributed by atoms with Gasteiger partial charge in [0.15, 0.2) is 11.6 Å². The van der Waals surface area contributed by atoms with Gasteiger partial charge in [0.05, 0.1) is 5.56 Å². The molecule has 0 fully saturated rings. The molecule has 0 saturated carbocycles. The van der Waals surface area contributed by atoms with E-state index in [0.717, 1.165) is 17.7 Å². The Bertz CT molecular complexity index is 739. The first-order valence-electron chi connectivity index (χ1n) is 7.57. The van der Waals surface area contributed by atoms with Crippen LogP contribution < -0.4 is 11.1 Å². The Kier molecular flexibility index (Phi) is 7.99. The number of hydrogen-bond acceptors (Lipinski definition) is 2. The van der Waals surface area contributed by atoms with E-state index < -0.39 is 17.5 Å². The molecule has 1 unspecified atom stereocenters. The standard InChI is InChI=1S/C18H19BrF2N2O.ClH/c1-10(2)11-3-5-12(6-4-11)17(22)9-23-18(24)13-7-15(20)16(21)8-14(13)19;/h3-8,10,17H,9,22H2,1-2H3,(H,23,24);1H. The van der Waals surface area contributed by atoms with Gasteiger partial charge in [0.2, 0.25) is 0 Å². The van der Waals surface area contributed by atoms with E-state index in [4.69, 9.17) is 5.73 Å². The molecule has 2 rings (SSSR count). The fourth-order valence-corrected chi connectivity index (χ4v) is 2.74. The summed E-state index contributed by atoms with van der Waals surface area (Å²) < 4.78 is 26.6. The molecule has 0 aliphatic rings. The molecule has 3 nitrogen and oxygen atoms in total. The van der Waals surface area contributed by atoms with Crippen LogP contribution in [-0.2, 0) is 0 Å². The van der Waals surface area contributed by atoms with Gasteiger partial charge in [0.25, 0.3) is 5.91 Å². The van der Waals surface area contributed by atoms with Crippen LogP contribution in [0.3, 0.4) is 0 Å². The van der Waals surface area contributed by atoms with Crippen molar-refractivity contribution in [2.45, 2.75) is 25.8 Å². The zero-order valence-corrected chi connectivity index (χ0v) is 16.3. The van der Waals surface area contributed by atoms with Crippen LogP contribution in [0.1, 0.15) is 47.3 Å². The topological polar surface area (TPSA) is 55.1 Å². The van der Waals surface area contributed by atoms with Crippen LogP contribution in [0.4, 0.5) is 8.78 Å². The first-order chi connectivity index (χ1) is 11.3. The van der Waals surface area contributed by atoms with Crippen molar-refractivity contribution in [1.29, 1.82) is 0 Å². The predicted molar refractivity (Wildman–Crippen MR) is 101 cm³/mol. The van der Waals surface area contributed by atoms with E-state index in [9.17, 15) is 13.6 Å². The number of carbonyl (C=O) groups is 1. The number of amides is 1. The molecule has 0 aromatic heterocycles. The summed E-state index contributed by atoms with van der Waals surface area (Å²) in [7, 11) is 0. The van der Waals surface area contributed by atoms with Crippen LogP contribution in [0, 0.1) is 11.6 Å². The smallest absolute Gasteiger partial charge is 0.252 e. The average molecular weight is 434 g/mol. The first kappa shape index (κ1) is 21.5. The highest BCUT2D eigenvalue weighted by Crippen LogP contribution is 2.21. The highest BCUT2D eigenvalue weighted by atomic mass is 79.9. The van der Waals surface area contributed by atoms with Gasteiger partial charge in [-0.1, -0.05) is 38.1 Å². The van der Waals surface area contributed by atoms with E-state index >= 15 is 0 Å². The fraction of sp³-hybridized carbons (Fsp3) is 0.278. The van der Waals surface area contributed by atoms with E-state index in [0.29, 0.717) is 5.92 Å². The van der Waals surface area contributed by atoms with Crippen molar-refractivity contribution >= 4 is 34.2 Å². The maximum absolute atomic E-state index is 13.3. The third kappa shape index (κ3) is 5.49. The molecule has 2 aromatic rings. The summed E-state index contributed by atoms with van der Waals surface area (Å²) in [5.74, 6) is -2.17. The molecule has 0 spiro atoms. The van der Waals surface area contributed by atoms with Crippen molar-refractivity contribution in [2.24, 2.45) is 5.73 Å². The minimum atomic E-state index is -1.07. The predicted octanol–water partition coefficient (Wildman–Crippen LogP) is 4.70. The summed E-state index contributed by atoms with van der Waals surface area (Å²) in [5, 5.41) is 2.64. The van der Waals surface area contributed by atoms with Gasteiger partial charge in [-0.2, -0.15) is 0 Å². The van der Waals surface area contributed by atoms with Crippen LogP contribution >= 0.6 is 28.3 Å². The summed E-state index contributed by atoms with van der Waals surface area (Å²) >= 11 is 3.06. The second kappa shape index (κ2) is 9.27. The van der Waals surface area contributed by atoms with E-state index in [1.807, 2.05) is 24.3 Å². The molecule has 0 heterocycles. The summed E-state index contributed by atoms with van der Waals surface area (Å²) in [6.07, 6.45) is 0. The Balaban J connectivity index is 0.00000312. The maximum atomic E-state index is 13.3. The van der Waals surface area contributed by atoms with Gasteiger partial charge in [0, 0.05) is 17.1 Å². The molecular weight excluding hydrogens is 414 g/mol. The quantitative estimate of drug-likeness (QED) is 0.671. The minimum Gasteiger partial charge on any atom is -0.350 e. The van der Waals surface area contributed by atoms with Gasteiger partial charge in [-0.25, -0.2) is 8.78 Å². The molecule has 3 N–H and O–H groups in total. The lowest BCUT2D eigenvalue weighted by Crippen LogP contribution is -2.32. The van der Waals surface area contributed by atoms with Gasteiger partial charge in [-0.3, -0.25) is 4.79 Å².